The van der Waals surface area contributed by atoms with Crippen molar-refractivity contribution in [2.75, 3.05) is 0 Å². The predicted octanol–water partition coefficient (Wildman–Crippen LogP) is 1.79. The van der Waals surface area contributed by atoms with E-state index in [9.17, 15) is 5.11 Å². The second-order valence-electron chi connectivity index (χ2n) is 4.17. The van der Waals surface area contributed by atoms with Crippen molar-refractivity contribution in [3.05, 3.63) is 29.8 Å². The van der Waals surface area contributed by atoms with Gasteiger partial charge in [-0.2, -0.15) is 0 Å². The van der Waals surface area contributed by atoms with Crippen molar-refractivity contribution < 1.29 is 9.84 Å². The van der Waals surface area contributed by atoms with Gasteiger partial charge in [0.25, 0.3) is 0 Å². The van der Waals surface area contributed by atoms with Gasteiger partial charge in [0.2, 0.25) is 0 Å². The van der Waals surface area contributed by atoms with Crippen molar-refractivity contribution in [3.63, 3.8) is 0 Å². The van der Waals surface area contributed by atoms with Crippen molar-refractivity contribution in [1.29, 1.82) is 0 Å². The molecule has 2 nitrogen and oxygen atoms in total. The Morgan fingerprint density at radius 2 is 2.00 bits per heavy atom. The van der Waals surface area contributed by atoms with Gasteiger partial charge in [-0.15, -0.1) is 9.24 Å². The Bertz CT molecular complexity index is 323. The Balaban J connectivity index is 2.07. The molecule has 0 radical (unpaired) electrons. The van der Waals surface area contributed by atoms with Gasteiger partial charge >= 0.3 is 0 Å². The molecule has 82 valence electrons. The SMILES string of the molecule is CC1CCC(C(O)c2ccc(P)cc2)O1. The van der Waals surface area contributed by atoms with Gasteiger partial charge in [0.1, 0.15) is 6.10 Å². The largest absolute Gasteiger partial charge is 0.386 e. The predicted molar refractivity (Wildman–Crippen MR) is 64.3 cm³/mol. The molecule has 1 saturated heterocycles. The lowest BCUT2D eigenvalue weighted by molar-refractivity contribution is -0.0297. The van der Waals surface area contributed by atoms with Crippen LogP contribution < -0.4 is 5.30 Å². The molecule has 1 N–H and O–H groups in total. The molecule has 0 spiro atoms. The molecule has 1 aromatic rings. The van der Waals surface area contributed by atoms with Gasteiger partial charge < -0.3 is 9.84 Å². The Kier molecular flexibility index (Phi) is 3.40. The van der Waals surface area contributed by atoms with Crippen LogP contribution in [0.3, 0.4) is 0 Å². The first-order chi connectivity index (χ1) is 7.16. The molecule has 0 amide bonds. The molecule has 1 aliphatic heterocycles. The molecule has 1 fully saturated rings. The fraction of sp³-hybridized carbons (Fsp3) is 0.500. The van der Waals surface area contributed by atoms with Crippen LogP contribution in [0.2, 0.25) is 0 Å². The normalized spacial score (nSPS) is 27.9. The third-order valence-electron chi connectivity index (χ3n) is 2.89. The molecule has 15 heavy (non-hydrogen) atoms. The number of hydrogen-bond donors (Lipinski definition) is 1. The minimum Gasteiger partial charge on any atom is -0.386 e. The first-order valence-electron chi connectivity index (χ1n) is 5.36. The van der Waals surface area contributed by atoms with E-state index in [1.165, 1.54) is 0 Å². The fourth-order valence-corrected chi connectivity index (χ4v) is 2.17. The van der Waals surface area contributed by atoms with Crippen LogP contribution in [-0.2, 0) is 4.74 Å². The number of rotatable bonds is 2. The number of hydrogen-bond acceptors (Lipinski definition) is 2. The maximum atomic E-state index is 10.1. The summed E-state index contributed by atoms with van der Waals surface area (Å²) in [5.74, 6) is 0. The lowest BCUT2D eigenvalue weighted by Gasteiger charge is -2.18. The first kappa shape index (κ1) is 11.1. The monoisotopic (exact) mass is 224 g/mol. The number of aliphatic hydroxyl groups excluding tert-OH is 1. The highest BCUT2D eigenvalue weighted by atomic mass is 31.0. The molecule has 3 heteroatoms. The molecule has 4 unspecified atom stereocenters. The first-order valence-corrected chi connectivity index (χ1v) is 5.93. The quantitative estimate of drug-likeness (QED) is 0.776. The summed E-state index contributed by atoms with van der Waals surface area (Å²) >= 11 is 0. The average Bonchev–Trinajstić information content (AvgIpc) is 2.65. The van der Waals surface area contributed by atoms with Crippen LogP contribution in [0, 0.1) is 0 Å². The van der Waals surface area contributed by atoms with Crippen molar-refractivity contribution in [1.82, 2.24) is 0 Å². The van der Waals surface area contributed by atoms with Crippen LogP contribution in [-0.4, -0.2) is 17.3 Å². The smallest absolute Gasteiger partial charge is 0.105 e. The maximum Gasteiger partial charge on any atom is 0.105 e. The number of benzene rings is 1. The van der Waals surface area contributed by atoms with Crippen LogP contribution in [0.4, 0.5) is 0 Å². The topological polar surface area (TPSA) is 29.5 Å². The standard InChI is InChI=1S/C12H17O2P/c1-8-2-7-11(14-8)12(13)9-3-5-10(15)6-4-9/h3-6,8,11-13H,2,7,15H2,1H3. The highest BCUT2D eigenvalue weighted by Crippen LogP contribution is 2.29. The lowest BCUT2D eigenvalue weighted by atomic mass is 10.0. The Morgan fingerprint density at radius 1 is 1.33 bits per heavy atom. The molecule has 2 rings (SSSR count). The molecular formula is C12H17O2P. The van der Waals surface area contributed by atoms with Crippen molar-refractivity contribution >= 4 is 14.5 Å². The molecule has 0 aliphatic carbocycles. The molecule has 1 heterocycles. The van der Waals surface area contributed by atoms with Crippen LogP contribution in [0.1, 0.15) is 31.4 Å². The molecular weight excluding hydrogens is 207 g/mol. The van der Waals surface area contributed by atoms with E-state index < -0.39 is 6.10 Å². The summed E-state index contributed by atoms with van der Waals surface area (Å²) in [4.78, 5) is 0. The molecule has 0 saturated carbocycles. The van der Waals surface area contributed by atoms with E-state index in [0.717, 1.165) is 23.7 Å². The van der Waals surface area contributed by atoms with Crippen LogP contribution in [0.15, 0.2) is 24.3 Å². The van der Waals surface area contributed by atoms with Gasteiger partial charge in [-0.3, -0.25) is 0 Å². The van der Waals surface area contributed by atoms with E-state index in [0.29, 0.717) is 0 Å². The number of aliphatic hydroxyl groups is 1. The zero-order valence-corrected chi connectivity index (χ0v) is 10.0. The van der Waals surface area contributed by atoms with Crippen molar-refractivity contribution in [3.8, 4) is 0 Å². The zero-order chi connectivity index (χ0) is 10.8. The average molecular weight is 224 g/mol. The lowest BCUT2D eigenvalue weighted by Crippen LogP contribution is -2.18. The van der Waals surface area contributed by atoms with Crippen LogP contribution in [0.25, 0.3) is 0 Å². The molecule has 0 aromatic heterocycles. The minimum atomic E-state index is -0.486. The van der Waals surface area contributed by atoms with E-state index in [1.807, 2.05) is 24.3 Å². The summed E-state index contributed by atoms with van der Waals surface area (Å²) in [7, 11) is 2.64. The molecule has 1 aliphatic rings. The van der Waals surface area contributed by atoms with Gasteiger partial charge in [-0.05, 0) is 30.6 Å². The van der Waals surface area contributed by atoms with Crippen LogP contribution in [0.5, 0.6) is 0 Å². The van der Waals surface area contributed by atoms with E-state index in [2.05, 4.69) is 16.2 Å². The van der Waals surface area contributed by atoms with Gasteiger partial charge in [0.05, 0.1) is 12.2 Å². The highest BCUT2D eigenvalue weighted by Gasteiger charge is 2.28. The van der Waals surface area contributed by atoms with E-state index in [4.69, 9.17) is 4.74 Å². The van der Waals surface area contributed by atoms with Crippen molar-refractivity contribution in [2.45, 2.75) is 38.1 Å². The van der Waals surface area contributed by atoms with E-state index in [1.54, 1.807) is 0 Å². The third kappa shape index (κ3) is 2.57. The van der Waals surface area contributed by atoms with Crippen molar-refractivity contribution in [2.24, 2.45) is 0 Å². The Morgan fingerprint density at radius 3 is 2.53 bits per heavy atom. The second-order valence-corrected chi connectivity index (χ2v) is 4.84. The number of ether oxygens (including phenoxy) is 1. The van der Waals surface area contributed by atoms with Crippen LogP contribution >= 0.6 is 9.24 Å². The fourth-order valence-electron chi connectivity index (χ4n) is 1.97. The highest BCUT2D eigenvalue weighted by molar-refractivity contribution is 7.27. The van der Waals surface area contributed by atoms with Gasteiger partial charge in [0, 0.05) is 0 Å². The van der Waals surface area contributed by atoms with Gasteiger partial charge in [-0.25, -0.2) is 0 Å². The summed E-state index contributed by atoms with van der Waals surface area (Å²) in [6.07, 6.45) is 1.76. The second kappa shape index (κ2) is 4.61. The van der Waals surface area contributed by atoms with E-state index >= 15 is 0 Å². The Labute approximate surface area is 92.9 Å². The summed E-state index contributed by atoms with van der Waals surface area (Å²) in [6.45, 7) is 2.05. The summed E-state index contributed by atoms with van der Waals surface area (Å²) in [5, 5.41) is 11.2. The third-order valence-corrected chi connectivity index (χ3v) is 3.28. The summed E-state index contributed by atoms with van der Waals surface area (Å²) < 4.78 is 5.65. The van der Waals surface area contributed by atoms with Gasteiger partial charge in [-0.1, -0.05) is 24.3 Å². The summed E-state index contributed by atoms with van der Waals surface area (Å²) in [6, 6.07) is 7.89. The van der Waals surface area contributed by atoms with Gasteiger partial charge in [0.15, 0.2) is 0 Å². The zero-order valence-electron chi connectivity index (χ0n) is 8.89. The maximum absolute atomic E-state index is 10.1. The molecule has 1 aromatic carbocycles. The minimum absolute atomic E-state index is 0.0321. The molecule has 0 bridgehead atoms. The molecule has 4 atom stereocenters. The Hall–Kier alpha value is -0.430. The summed E-state index contributed by atoms with van der Waals surface area (Å²) in [5.41, 5.74) is 0.945. The van der Waals surface area contributed by atoms with E-state index in [-0.39, 0.29) is 12.2 Å².